The molecule has 23 heavy (non-hydrogen) atoms. The number of quaternary nitrogens is 1. The van der Waals surface area contributed by atoms with Crippen LogP contribution in [0.2, 0.25) is 0 Å². The number of ether oxygens (including phenoxy) is 1. The number of carbonyl (C=O) groups excluding carboxylic acids is 1. The fourth-order valence-electron chi connectivity index (χ4n) is 3.14. The van der Waals surface area contributed by atoms with E-state index in [0.29, 0.717) is 4.48 Å². The van der Waals surface area contributed by atoms with E-state index in [1.165, 1.54) is 77.7 Å². The van der Waals surface area contributed by atoms with Gasteiger partial charge < -0.3 is 9.22 Å². The highest BCUT2D eigenvalue weighted by molar-refractivity contribution is 5.74. The number of nitrogens with zero attached hydrogens (tertiary/aromatic N) is 1. The molecule has 0 saturated carbocycles. The van der Waals surface area contributed by atoms with Gasteiger partial charge in [0.25, 0.3) is 0 Å². The molecule has 3 nitrogen and oxygen atoms in total. The predicted molar refractivity (Wildman–Crippen MR) is 99.5 cm³/mol. The normalized spacial score (nSPS) is 13.1. The highest BCUT2D eigenvalue weighted by atomic mass is 16.5. The lowest BCUT2D eigenvalue weighted by Crippen LogP contribution is -2.50. The maximum Gasteiger partial charge on any atom is 0.364 e. The second kappa shape index (κ2) is 13.8. The van der Waals surface area contributed by atoms with Gasteiger partial charge in [0, 0.05) is 6.42 Å². The summed E-state index contributed by atoms with van der Waals surface area (Å²) in [5.41, 5.74) is 0. The molecule has 0 amide bonds. The van der Waals surface area contributed by atoms with Crippen molar-refractivity contribution in [3.05, 3.63) is 0 Å². The zero-order valence-electron chi connectivity index (χ0n) is 16.5. The number of carbonyl (C=O) groups is 1. The lowest BCUT2D eigenvalue weighted by Gasteiger charge is -2.32. The van der Waals surface area contributed by atoms with E-state index in [2.05, 4.69) is 28.1 Å². The Morgan fingerprint density at radius 2 is 1.17 bits per heavy atom. The van der Waals surface area contributed by atoms with E-state index in [9.17, 15) is 4.79 Å². The lowest BCUT2D eigenvalue weighted by atomic mass is 10.0. The van der Waals surface area contributed by atoms with Crippen LogP contribution in [-0.2, 0) is 9.53 Å². The Morgan fingerprint density at radius 3 is 1.52 bits per heavy atom. The van der Waals surface area contributed by atoms with E-state index in [1.807, 2.05) is 0 Å². The van der Waals surface area contributed by atoms with Gasteiger partial charge in [-0.25, -0.2) is 4.79 Å². The van der Waals surface area contributed by atoms with Crippen molar-refractivity contribution in [3.63, 3.8) is 0 Å². The van der Waals surface area contributed by atoms with Crippen LogP contribution in [0.1, 0.15) is 90.4 Å². The van der Waals surface area contributed by atoms with Gasteiger partial charge in [-0.3, -0.25) is 0 Å². The number of hydrogen-bond acceptors (Lipinski definition) is 2. The molecule has 0 radical (unpaired) electrons. The van der Waals surface area contributed by atoms with Crippen LogP contribution in [-0.4, -0.2) is 44.7 Å². The zero-order valence-corrected chi connectivity index (χ0v) is 16.5. The minimum atomic E-state index is -0.0689. The highest BCUT2D eigenvalue weighted by Crippen LogP contribution is 2.16. The number of methoxy groups -OCH3 is 1. The molecule has 0 N–H and O–H groups in total. The van der Waals surface area contributed by atoms with Crippen molar-refractivity contribution in [2.45, 2.75) is 96.4 Å². The molecule has 0 aromatic heterocycles. The quantitative estimate of drug-likeness (QED) is 0.231. The first-order chi connectivity index (χ1) is 10.9. The topological polar surface area (TPSA) is 26.3 Å². The van der Waals surface area contributed by atoms with Gasteiger partial charge in [0.15, 0.2) is 6.04 Å². The van der Waals surface area contributed by atoms with Gasteiger partial charge in [0.05, 0.1) is 28.3 Å². The molecule has 0 rings (SSSR count). The van der Waals surface area contributed by atoms with Crippen LogP contribution >= 0.6 is 0 Å². The Morgan fingerprint density at radius 1 is 0.783 bits per heavy atom. The van der Waals surface area contributed by atoms with Crippen molar-refractivity contribution in [2.24, 2.45) is 0 Å². The maximum absolute atomic E-state index is 11.9. The van der Waals surface area contributed by atoms with Gasteiger partial charge in [-0.05, 0) is 6.42 Å². The molecule has 0 aliphatic heterocycles. The summed E-state index contributed by atoms with van der Waals surface area (Å²) in [6, 6.07) is -0.0249. The van der Waals surface area contributed by atoms with Crippen LogP contribution < -0.4 is 0 Å². The molecule has 0 aliphatic rings. The van der Waals surface area contributed by atoms with Crippen molar-refractivity contribution in [2.75, 3.05) is 28.3 Å². The lowest BCUT2D eigenvalue weighted by molar-refractivity contribution is -0.887. The smallest absolute Gasteiger partial charge is 0.364 e. The number of rotatable bonds is 15. The van der Waals surface area contributed by atoms with Crippen LogP contribution in [0, 0.1) is 0 Å². The second-order valence-corrected chi connectivity index (χ2v) is 7.83. The molecule has 0 aromatic rings. The first-order valence-corrected chi connectivity index (χ1v) is 9.82. The third kappa shape index (κ3) is 12.5. The van der Waals surface area contributed by atoms with Crippen LogP contribution in [0.5, 0.6) is 0 Å². The Bertz CT molecular complexity index is 284. The Balaban J connectivity index is 3.52. The summed E-state index contributed by atoms with van der Waals surface area (Å²) in [4.78, 5) is 11.9. The molecule has 138 valence electrons. The SMILES string of the molecule is CCCCCCCCCCCCCC[C@H](C(=O)OC)[N+](C)(C)C. The summed E-state index contributed by atoms with van der Waals surface area (Å²) >= 11 is 0. The number of hydrogen-bond donors (Lipinski definition) is 0. The van der Waals surface area contributed by atoms with Gasteiger partial charge in [-0.15, -0.1) is 0 Å². The molecular formula is C20H42NO2+. The van der Waals surface area contributed by atoms with Gasteiger partial charge in [0.2, 0.25) is 0 Å². The van der Waals surface area contributed by atoms with E-state index in [0.717, 1.165) is 12.8 Å². The van der Waals surface area contributed by atoms with Crippen LogP contribution in [0.4, 0.5) is 0 Å². The molecule has 0 bridgehead atoms. The van der Waals surface area contributed by atoms with Gasteiger partial charge >= 0.3 is 5.97 Å². The van der Waals surface area contributed by atoms with Gasteiger partial charge in [-0.1, -0.05) is 77.6 Å². The summed E-state index contributed by atoms with van der Waals surface area (Å²) in [5.74, 6) is -0.0689. The van der Waals surface area contributed by atoms with E-state index < -0.39 is 0 Å². The molecule has 0 spiro atoms. The van der Waals surface area contributed by atoms with E-state index in [-0.39, 0.29) is 12.0 Å². The van der Waals surface area contributed by atoms with Crippen LogP contribution in [0.25, 0.3) is 0 Å². The van der Waals surface area contributed by atoms with Crippen molar-refractivity contribution in [1.82, 2.24) is 0 Å². The average molecular weight is 329 g/mol. The standard InChI is InChI=1S/C20H42NO2/c1-6-7-8-9-10-11-12-13-14-15-16-17-18-19(20(22)23-5)21(2,3)4/h19H,6-18H2,1-5H3/q+1/t19-/m1/s1. The molecular weight excluding hydrogens is 286 g/mol. The van der Waals surface area contributed by atoms with Crippen molar-refractivity contribution >= 4 is 5.97 Å². The van der Waals surface area contributed by atoms with Crippen LogP contribution in [0.15, 0.2) is 0 Å². The summed E-state index contributed by atoms with van der Waals surface area (Å²) in [6.45, 7) is 2.27. The van der Waals surface area contributed by atoms with Crippen LogP contribution in [0.3, 0.4) is 0 Å². The third-order valence-corrected chi connectivity index (χ3v) is 4.74. The van der Waals surface area contributed by atoms with Crippen molar-refractivity contribution < 1.29 is 14.0 Å². The zero-order chi connectivity index (χ0) is 17.6. The summed E-state index contributed by atoms with van der Waals surface area (Å²) in [6.07, 6.45) is 17.2. The predicted octanol–water partition coefficient (Wildman–Crippen LogP) is 5.33. The van der Waals surface area contributed by atoms with Gasteiger partial charge in [-0.2, -0.15) is 0 Å². The van der Waals surface area contributed by atoms with E-state index >= 15 is 0 Å². The van der Waals surface area contributed by atoms with E-state index in [1.54, 1.807) is 0 Å². The van der Waals surface area contributed by atoms with Crippen molar-refractivity contribution in [1.29, 1.82) is 0 Å². The summed E-state index contributed by atoms with van der Waals surface area (Å²) < 4.78 is 5.60. The molecule has 0 saturated heterocycles. The second-order valence-electron chi connectivity index (χ2n) is 7.83. The molecule has 0 heterocycles. The molecule has 0 unspecified atom stereocenters. The Kier molecular flexibility index (Phi) is 13.5. The fraction of sp³-hybridized carbons (Fsp3) is 0.950. The van der Waals surface area contributed by atoms with E-state index in [4.69, 9.17) is 4.74 Å². The van der Waals surface area contributed by atoms with Gasteiger partial charge in [0.1, 0.15) is 0 Å². The van der Waals surface area contributed by atoms with Crippen molar-refractivity contribution in [3.8, 4) is 0 Å². The minimum Gasteiger partial charge on any atom is -0.465 e. The Labute approximate surface area is 145 Å². The molecule has 3 heteroatoms. The third-order valence-electron chi connectivity index (χ3n) is 4.74. The fourth-order valence-corrected chi connectivity index (χ4v) is 3.14. The first kappa shape index (κ1) is 22.4. The maximum atomic E-state index is 11.9. The summed E-state index contributed by atoms with van der Waals surface area (Å²) in [7, 11) is 7.71. The average Bonchev–Trinajstić information content (AvgIpc) is 2.50. The number of esters is 1. The molecule has 0 aromatic carbocycles. The largest absolute Gasteiger partial charge is 0.465 e. The highest BCUT2D eigenvalue weighted by Gasteiger charge is 2.31. The number of likely N-dealkylation sites (N-methyl/N-ethyl adjacent to an activating group) is 1. The summed E-state index contributed by atoms with van der Waals surface area (Å²) in [5, 5.41) is 0. The molecule has 0 fully saturated rings. The monoisotopic (exact) mass is 328 g/mol. The minimum absolute atomic E-state index is 0.0249. The first-order valence-electron chi connectivity index (χ1n) is 9.82. The Hall–Kier alpha value is -0.570. The molecule has 0 aliphatic carbocycles. The molecule has 1 atom stereocenters. The number of unbranched alkanes of at least 4 members (excludes halogenated alkanes) is 11.